The van der Waals surface area contributed by atoms with Crippen molar-refractivity contribution < 1.29 is 0 Å². The third-order valence-corrected chi connectivity index (χ3v) is 3.29. The molecule has 0 heterocycles. The fourth-order valence-corrected chi connectivity index (χ4v) is 1.45. The zero-order chi connectivity index (χ0) is 14.0. The van der Waals surface area contributed by atoms with Crippen molar-refractivity contribution in [2.45, 2.75) is 54.4 Å². The Morgan fingerprint density at radius 2 is 1.56 bits per heavy atom. The van der Waals surface area contributed by atoms with E-state index in [4.69, 9.17) is 0 Å². The van der Waals surface area contributed by atoms with Gasteiger partial charge in [0.2, 0.25) is 0 Å². The minimum Gasteiger partial charge on any atom is -0.0876 e. The molecule has 0 fully saturated rings. The van der Waals surface area contributed by atoms with E-state index in [-0.39, 0.29) is 0 Å². The van der Waals surface area contributed by atoms with Gasteiger partial charge in [0.1, 0.15) is 0 Å². The highest BCUT2D eigenvalue weighted by Gasteiger charge is 1.98. The van der Waals surface area contributed by atoms with Crippen LogP contribution in [0, 0.1) is 0 Å². The van der Waals surface area contributed by atoms with Gasteiger partial charge in [-0.3, -0.25) is 0 Å². The minimum atomic E-state index is 1.11. The summed E-state index contributed by atoms with van der Waals surface area (Å²) in [6, 6.07) is 0. The lowest BCUT2D eigenvalue weighted by molar-refractivity contribution is 1.06. The Labute approximate surface area is 113 Å². The molecular formula is C18H28. The van der Waals surface area contributed by atoms with Crippen molar-refractivity contribution in [3.8, 4) is 0 Å². The van der Waals surface area contributed by atoms with E-state index in [1.165, 1.54) is 22.3 Å². The Morgan fingerprint density at radius 1 is 0.889 bits per heavy atom. The maximum atomic E-state index is 2.21. The van der Waals surface area contributed by atoms with E-state index in [1.54, 1.807) is 0 Å². The number of allylic oxidation sites excluding steroid dienone is 10. The summed E-state index contributed by atoms with van der Waals surface area (Å²) < 4.78 is 0. The molecule has 0 saturated heterocycles. The molecule has 0 aromatic carbocycles. The van der Waals surface area contributed by atoms with Crippen molar-refractivity contribution in [1.82, 2.24) is 0 Å². The quantitative estimate of drug-likeness (QED) is 0.492. The predicted octanol–water partition coefficient (Wildman–Crippen LogP) is 6.15. The summed E-state index contributed by atoms with van der Waals surface area (Å²) in [6.07, 6.45) is 15.1. The SMILES string of the molecule is CC=CC=C(C=CC=C(C)CC)C(C)=C(C)CC. The van der Waals surface area contributed by atoms with Gasteiger partial charge in [-0.25, -0.2) is 0 Å². The lowest BCUT2D eigenvalue weighted by atomic mass is 9.99. The van der Waals surface area contributed by atoms with Gasteiger partial charge in [0.15, 0.2) is 0 Å². The van der Waals surface area contributed by atoms with Crippen LogP contribution >= 0.6 is 0 Å². The topological polar surface area (TPSA) is 0 Å². The van der Waals surface area contributed by atoms with Gasteiger partial charge in [-0.15, -0.1) is 0 Å². The van der Waals surface area contributed by atoms with Crippen LogP contribution in [0.1, 0.15) is 54.4 Å². The molecule has 0 atom stereocenters. The maximum absolute atomic E-state index is 2.21. The molecule has 0 heteroatoms. The second kappa shape index (κ2) is 9.70. The minimum absolute atomic E-state index is 1.11. The number of hydrogen-bond acceptors (Lipinski definition) is 0. The van der Waals surface area contributed by atoms with Crippen molar-refractivity contribution in [2.24, 2.45) is 0 Å². The molecule has 0 aromatic heterocycles. The molecule has 0 radical (unpaired) electrons. The van der Waals surface area contributed by atoms with E-state index in [0.717, 1.165) is 12.8 Å². The molecule has 0 unspecified atom stereocenters. The molecule has 0 nitrogen and oxygen atoms in total. The van der Waals surface area contributed by atoms with Crippen LogP contribution in [0.4, 0.5) is 0 Å². The standard InChI is InChI=1S/C18H28/c1-7-10-13-18(17(6)16(5)9-3)14-11-12-15(4)8-2/h7,10-14H,8-9H2,1-6H3. The highest BCUT2D eigenvalue weighted by Crippen LogP contribution is 2.18. The largest absolute Gasteiger partial charge is 0.0876 e. The smallest absolute Gasteiger partial charge is 0.0228 e. The summed E-state index contributed by atoms with van der Waals surface area (Å²) in [6.45, 7) is 13.0. The molecule has 0 N–H and O–H groups in total. The molecule has 0 aliphatic heterocycles. The van der Waals surface area contributed by atoms with Crippen LogP contribution < -0.4 is 0 Å². The Hall–Kier alpha value is -1.30. The highest BCUT2D eigenvalue weighted by atomic mass is 14.0. The van der Waals surface area contributed by atoms with Crippen molar-refractivity contribution >= 4 is 0 Å². The summed E-state index contributed by atoms with van der Waals surface area (Å²) in [5.74, 6) is 0. The van der Waals surface area contributed by atoms with Crippen LogP contribution in [-0.2, 0) is 0 Å². The van der Waals surface area contributed by atoms with Gasteiger partial charge in [-0.2, -0.15) is 0 Å². The van der Waals surface area contributed by atoms with Crippen LogP contribution in [0.2, 0.25) is 0 Å². The maximum Gasteiger partial charge on any atom is -0.0228 e. The summed E-state index contributed by atoms with van der Waals surface area (Å²) in [5, 5.41) is 0. The zero-order valence-electron chi connectivity index (χ0n) is 12.9. The van der Waals surface area contributed by atoms with Gasteiger partial charge in [0, 0.05) is 0 Å². The first-order valence-electron chi connectivity index (χ1n) is 6.90. The van der Waals surface area contributed by atoms with Crippen LogP contribution in [0.3, 0.4) is 0 Å². The highest BCUT2D eigenvalue weighted by molar-refractivity contribution is 5.44. The molecule has 0 aliphatic rings. The molecule has 100 valence electrons. The molecular weight excluding hydrogens is 216 g/mol. The normalized spacial score (nSPS) is 15.7. The van der Waals surface area contributed by atoms with Crippen molar-refractivity contribution in [3.63, 3.8) is 0 Å². The number of hydrogen-bond donors (Lipinski definition) is 0. The van der Waals surface area contributed by atoms with E-state index >= 15 is 0 Å². The lowest BCUT2D eigenvalue weighted by Gasteiger charge is -2.06. The van der Waals surface area contributed by atoms with Crippen molar-refractivity contribution in [2.75, 3.05) is 0 Å². The summed E-state index contributed by atoms with van der Waals surface area (Å²) in [7, 11) is 0. The Kier molecular flexibility index (Phi) is 9.00. The van der Waals surface area contributed by atoms with Crippen LogP contribution in [0.5, 0.6) is 0 Å². The van der Waals surface area contributed by atoms with Crippen molar-refractivity contribution in [1.29, 1.82) is 0 Å². The third kappa shape index (κ3) is 6.44. The van der Waals surface area contributed by atoms with Gasteiger partial charge >= 0.3 is 0 Å². The van der Waals surface area contributed by atoms with Gasteiger partial charge in [0.05, 0.1) is 0 Å². The van der Waals surface area contributed by atoms with Crippen LogP contribution in [-0.4, -0.2) is 0 Å². The average molecular weight is 244 g/mol. The van der Waals surface area contributed by atoms with Gasteiger partial charge in [-0.05, 0) is 51.7 Å². The van der Waals surface area contributed by atoms with Crippen molar-refractivity contribution in [3.05, 3.63) is 58.7 Å². The van der Waals surface area contributed by atoms with E-state index in [0.29, 0.717) is 0 Å². The fourth-order valence-electron chi connectivity index (χ4n) is 1.45. The van der Waals surface area contributed by atoms with E-state index < -0.39 is 0 Å². The Bertz CT molecular complexity index is 384. The molecule has 0 saturated carbocycles. The number of rotatable bonds is 6. The van der Waals surface area contributed by atoms with E-state index in [2.05, 4.69) is 71.1 Å². The van der Waals surface area contributed by atoms with E-state index in [9.17, 15) is 0 Å². The summed E-state index contributed by atoms with van der Waals surface area (Å²) in [5.41, 5.74) is 5.54. The molecule has 0 spiro atoms. The van der Waals surface area contributed by atoms with Gasteiger partial charge in [0.25, 0.3) is 0 Å². The summed E-state index contributed by atoms with van der Waals surface area (Å²) >= 11 is 0. The average Bonchev–Trinajstić information content (AvgIpc) is 2.40. The second-order valence-corrected chi connectivity index (χ2v) is 4.63. The first-order valence-corrected chi connectivity index (χ1v) is 6.90. The monoisotopic (exact) mass is 244 g/mol. The third-order valence-electron chi connectivity index (χ3n) is 3.29. The molecule has 0 rings (SSSR count). The lowest BCUT2D eigenvalue weighted by Crippen LogP contribution is -1.86. The Morgan fingerprint density at radius 3 is 2.06 bits per heavy atom. The second-order valence-electron chi connectivity index (χ2n) is 4.63. The van der Waals surface area contributed by atoms with Crippen LogP contribution in [0.15, 0.2) is 58.7 Å². The van der Waals surface area contributed by atoms with E-state index in [1.807, 2.05) is 6.92 Å². The molecule has 0 bridgehead atoms. The first kappa shape index (κ1) is 16.7. The molecule has 0 aromatic rings. The summed E-state index contributed by atoms with van der Waals surface area (Å²) in [4.78, 5) is 0. The van der Waals surface area contributed by atoms with Gasteiger partial charge in [-0.1, -0.05) is 61.4 Å². The van der Waals surface area contributed by atoms with Crippen LogP contribution in [0.25, 0.3) is 0 Å². The predicted molar refractivity (Wildman–Crippen MR) is 84.8 cm³/mol. The molecule has 0 amide bonds. The molecule has 18 heavy (non-hydrogen) atoms. The van der Waals surface area contributed by atoms with Gasteiger partial charge < -0.3 is 0 Å². The molecule has 0 aliphatic carbocycles. The Balaban J connectivity index is 5.17. The fraction of sp³-hybridized carbons (Fsp3) is 0.444. The first-order chi connectivity index (χ1) is 8.56. The zero-order valence-corrected chi connectivity index (χ0v) is 12.9.